The van der Waals surface area contributed by atoms with Crippen molar-refractivity contribution in [3.05, 3.63) is 42.2 Å². The molecule has 0 N–H and O–H groups in total. The van der Waals surface area contributed by atoms with E-state index in [1.807, 2.05) is 12.1 Å². The second-order valence-electron chi connectivity index (χ2n) is 6.21. The van der Waals surface area contributed by atoms with Gasteiger partial charge in [0.05, 0.1) is 23.9 Å². The van der Waals surface area contributed by atoms with Gasteiger partial charge in [0.1, 0.15) is 5.75 Å². The van der Waals surface area contributed by atoms with Crippen LogP contribution in [0.3, 0.4) is 0 Å². The fourth-order valence-electron chi connectivity index (χ4n) is 1.76. The Balaban J connectivity index is 2.34. The van der Waals surface area contributed by atoms with Crippen LogP contribution in [0.15, 0.2) is 36.7 Å². The van der Waals surface area contributed by atoms with Crippen molar-refractivity contribution in [3.8, 4) is 5.75 Å². The summed E-state index contributed by atoms with van der Waals surface area (Å²) in [5, 5.41) is 4.17. The molecule has 2 aromatic rings. The Labute approximate surface area is 119 Å². The zero-order valence-corrected chi connectivity index (χ0v) is 12.4. The Morgan fingerprint density at radius 1 is 1.45 bits per heavy atom. The third-order valence-electron chi connectivity index (χ3n) is 2.80. The molecule has 0 aliphatic carbocycles. The highest BCUT2D eigenvalue weighted by Crippen LogP contribution is 2.22. The van der Waals surface area contributed by atoms with Gasteiger partial charge in [-0.05, 0) is 24.0 Å². The number of pyridine rings is 1. The van der Waals surface area contributed by atoms with Gasteiger partial charge in [0.15, 0.2) is 5.78 Å². The van der Waals surface area contributed by atoms with Crippen LogP contribution in [0, 0.1) is 5.41 Å². The van der Waals surface area contributed by atoms with Crippen LogP contribution in [0.1, 0.15) is 38.1 Å². The SMILES string of the molecule is C=C(C)C(=O)c1cnn2ccc(OCC(C)(C)C)cc12. The van der Waals surface area contributed by atoms with Crippen LogP contribution < -0.4 is 4.74 Å². The second kappa shape index (κ2) is 5.12. The molecular formula is C16H20N2O2. The van der Waals surface area contributed by atoms with Gasteiger partial charge >= 0.3 is 0 Å². The van der Waals surface area contributed by atoms with E-state index in [2.05, 4.69) is 32.4 Å². The Morgan fingerprint density at radius 2 is 2.15 bits per heavy atom. The van der Waals surface area contributed by atoms with E-state index in [1.54, 1.807) is 23.8 Å². The largest absolute Gasteiger partial charge is 0.493 e. The van der Waals surface area contributed by atoms with Gasteiger partial charge < -0.3 is 4.74 Å². The lowest BCUT2D eigenvalue weighted by Gasteiger charge is -2.18. The minimum Gasteiger partial charge on any atom is -0.493 e. The van der Waals surface area contributed by atoms with Crippen LogP contribution in [0.4, 0.5) is 0 Å². The Kier molecular flexibility index (Phi) is 3.66. The molecule has 4 heteroatoms. The van der Waals surface area contributed by atoms with Gasteiger partial charge in [0, 0.05) is 12.3 Å². The van der Waals surface area contributed by atoms with Crippen molar-refractivity contribution in [1.29, 1.82) is 0 Å². The molecule has 0 aromatic carbocycles. The minimum atomic E-state index is -0.0898. The quantitative estimate of drug-likeness (QED) is 0.632. The third-order valence-corrected chi connectivity index (χ3v) is 2.80. The summed E-state index contributed by atoms with van der Waals surface area (Å²) in [5.41, 5.74) is 1.88. The summed E-state index contributed by atoms with van der Waals surface area (Å²) in [7, 11) is 0. The van der Waals surface area contributed by atoms with Crippen molar-refractivity contribution in [2.45, 2.75) is 27.7 Å². The summed E-state index contributed by atoms with van der Waals surface area (Å²) in [5.74, 6) is 0.650. The minimum absolute atomic E-state index is 0.0860. The Morgan fingerprint density at radius 3 is 2.75 bits per heavy atom. The molecule has 0 saturated carbocycles. The molecule has 0 fully saturated rings. The number of allylic oxidation sites excluding steroid dienone is 1. The lowest BCUT2D eigenvalue weighted by atomic mass is 9.99. The summed E-state index contributed by atoms with van der Waals surface area (Å²) >= 11 is 0. The fraction of sp³-hybridized carbons (Fsp3) is 0.375. The summed E-state index contributed by atoms with van der Waals surface area (Å²) in [6.07, 6.45) is 3.36. The average Bonchev–Trinajstić information content (AvgIpc) is 2.77. The molecule has 2 aromatic heterocycles. The van der Waals surface area contributed by atoms with Gasteiger partial charge in [-0.2, -0.15) is 5.10 Å². The predicted molar refractivity (Wildman–Crippen MR) is 79.3 cm³/mol. The van der Waals surface area contributed by atoms with Gasteiger partial charge in [-0.3, -0.25) is 4.79 Å². The normalized spacial score (nSPS) is 11.6. The van der Waals surface area contributed by atoms with Crippen molar-refractivity contribution in [2.24, 2.45) is 5.41 Å². The summed E-state index contributed by atoms with van der Waals surface area (Å²) in [6.45, 7) is 12.3. The molecule has 0 radical (unpaired) electrons. The topological polar surface area (TPSA) is 43.6 Å². The van der Waals surface area contributed by atoms with Crippen molar-refractivity contribution in [1.82, 2.24) is 9.61 Å². The number of hydrogen-bond donors (Lipinski definition) is 0. The van der Waals surface area contributed by atoms with Crippen LogP contribution in [0.2, 0.25) is 0 Å². The number of ether oxygens (including phenoxy) is 1. The van der Waals surface area contributed by atoms with E-state index in [0.717, 1.165) is 11.3 Å². The molecule has 0 aliphatic heterocycles. The van der Waals surface area contributed by atoms with Crippen LogP contribution in [-0.4, -0.2) is 22.0 Å². The predicted octanol–water partition coefficient (Wildman–Crippen LogP) is 3.52. The maximum Gasteiger partial charge on any atom is 0.191 e. The molecule has 2 heterocycles. The first-order valence-electron chi connectivity index (χ1n) is 6.58. The molecule has 0 saturated heterocycles. The van der Waals surface area contributed by atoms with Gasteiger partial charge in [-0.25, -0.2) is 4.52 Å². The molecule has 0 bridgehead atoms. The van der Waals surface area contributed by atoms with Gasteiger partial charge in [0.2, 0.25) is 0 Å². The molecule has 0 atom stereocenters. The van der Waals surface area contributed by atoms with Crippen molar-refractivity contribution in [3.63, 3.8) is 0 Å². The number of nitrogens with zero attached hydrogens (tertiary/aromatic N) is 2. The monoisotopic (exact) mass is 272 g/mol. The molecule has 4 nitrogen and oxygen atoms in total. The lowest BCUT2D eigenvalue weighted by Crippen LogP contribution is -2.16. The number of hydrogen-bond acceptors (Lipinski definition) is 3. The number of carbonyl (C=O) groups excluding carboxylic acids is 1. The number of carbonyl (C=O) groups is 1. The van der Waals surface area contributed by atoms with Gasteiger partial charge in [-0.1, -0.05) is 27.4 Å². The molecule has 0 amide bonds. The van der Waals surface area contributed by atoms with Crippen LogP contribution in [0.5, 0.6) is 5.75 Å². The van der Waals surface area contributed by atoms with Crippen LogP contribution in [-0.2, 0) is 0 Å². The van der Waals surface area contributed by atoms with Gasteiger partial charge in [-0.15, -0.1) is 0 Å². The maximum absolute atomic E-state index is 12.1. The Bertz CT molecular complexity index is 663. The van der Waals surface area contributed by atoms with Crippen molar-refractivity contribution >= 4 is 11.3 Å². The molecule has 2 rings (SSSR count). The van der Waals surface area contributed by atoms with Crippen LogP contribution >= 0.6 is 0 Å². The van der Waals surface area contributed by atoms with Crippen molar-refractivity contribution in [2.75, 3.05) is 6.61 Å². The smallest absolute Gasteiger partial charge is 0.191 e. The number of fused-ring (bicyclic) bond motifs is 1. The molecule has 20 heavy (non-hydrogen) atoms. The van der Waals surface area contributed by atoms with E-state index < -0.39 is 0 Å². The zero-order valence-electron chi connectivity index (χ0n) is 12.4. The van der Waals surface area contributed by atoms with Gasteiger partial charge in [0.25, 0.3) is 0 Å². The molecule has 0 aliphatic rings. The molecular weight excluding hydrogens is 252 g/mol. The highest BCUT2D eigenvalue weighted by atomic mass is 16.5. The van der Waals surface area contributed by atoms with E-state index >= 15 is 0 Å². The fourth-order valence-corrected chi connectivity index (χ4v) is 1.76. The third kappa shape index (κ3) is 3.07. The summed E-state index contributed by atoms with van der Waals surface area (Å²) < 4.78 is 7.44. The summed E-state index contributed by atoms with van der Waals surface area (Å²) in [4.78, 5) is 12.1. The first-order valence-corrected chi connectivity index (χ1v) is 6.58. The van der Waals surface area contributed by atoms with E-state index in [4.69, 9.17) is 4.74 Å². The first kappa shape index (κ1) is 14.3. The van der Waals surface area contributed by atoms with E-state index in [-0.39, 0.29) is 11.2 Å². The number of rotatable bonds is 4. The van der Waals surface area contributed by atoms with E-state index in [0.29, 0.717) is 17.7 Å². The Hall–Kier alpha value is -2.10. The first-order chi connectivity index (χ1) is 9.28. The van der Waals surface area contributed by atoms with Crippen LogP contribution in [0.25, 0.3) is 5.52 Å². The highest BCUT2D eigenvalue weighted by Gasteiger charge is 2.15. The average molecular weight is 272 g/mol. The summed E-state index contributed by atoms with van der Waals surface area (Å²) in [6, 6.07) is 3.69. The standard InChI is InChI=1S/C16H20N2O2/c1-11(2)15(19)13-9-17-18-7-6-12(8-14(13)18)20-10-16(3,4)5/h6-9H,1,10H2,2-5H3. The highest BCUT2D eigenvalue weighted by molar-refractivity contribution is 6.12. The van der Waals surface area contributed by atoms with Crippen molar-refractivity contribution < 1.29 is 9.53 Å². The maximum atomic E-state index is 12.1. The zero-order chi connectivity index (χ0) is 14.9. The number of ketones is 1. The molecule has 106 valence electrons. The second-order valence-corrected chi connectivity index (χ2v) is 6.21. The molecule has 0 spiro atoms. The van der Waals surface area contributed by atoms with E-state index in [9.17, 15) is 4.79 Å². The molecule has 0 unspecified atom stereocenters. The lowest BCUT2D eigenvalue weighted by molar-refractivity contribution is 0.103. The van der Waals surface area contributed by atoms with E-state index in [1.165, 1.54) is 0 Å². The number of Topliss-reactive ketones (excluding diaryl/α,β-unsaturated/α-hetero) is 1. The number of aromatic nitrogens is 2.